The molecular formula is C14H23N5O. The van der Waals surface area contributed by atoms with Crippen molar-refractivity contribution in [3.8, 4) is 0 Å². The van der Waals surface area contributed by atoms with Crippen LogP contribution in [-0.4, -0.2) is 43.5 Å². The number of nitrogens with one attached hydrogen (secondary N) is 1. The van der Waals surface area contributed by atoms with Crippen LogP contribution >= 0.6 is 0 Å². The minimum atomic E-state index is -0.533. The summed E-state index contributed by atoms with van der Waals surface area (Å²) in [5, 5.41) is 8.17. The highest BCUT2D eigenvalue weighted by molar-refractivity contribution is 6.02. The Kier molecular flexibility index (Phi) is 5.08. The second-order valence-electron chi connectivity index (χ2n) is 5.06. The summed E-state index contributed by atoms with van der Waals surface area (Å²) in [6, 6.07) is 5.42. The molecule has 0 atom stereocenters. The molecule has 1 aromatic carbocycles. The van der Waals surface area contributed by atoms with Gasteiger partial charge in [-0.2, -0.15) is 0 Å². The molecule has 1 aromatic rings. The molecule has 20 heavy (non-hydrogen) atoms. The van der Waals surface area contributed by atoms with E-state index in [4.69, 9.17) is 27.3 Å². The highest BCUT2D eigenvalue weighted by atomic mass is 16.5. The highest BCUT2D eigenvalue weighted by Gasteiger charge is 2.13. The van der Waals surface area contributed by atoms with E-state index in [1.807, 2.05) is 12.1 Å². The molecule has 0 unspecified atom stereocenters. The molecular weight excluding hydrogens is 254 g/mol. The summed E-state index contributed by atoms with van der Waals surface area (Å²) in [4.78, 5) is 2.30. The Hall–Kier alpha value is -1.47. The fourth-order valence-electron chi connectivity index (χ4n) is 2.29. The summed E-state index contributed by atoms with van der Waals surface area (Å²) in [7, 11) is 0. The molecule has 1 fully saturated rings. The zero-order valence-corrected chi connectivity index (χ0v) is 11.6. The van der Waals surface area contributed by atoms with E-state index in [1.54, 1.807) is 6.07 Å². The molecule has 0 aliphatic carbocycles. The number of benzene rings is 1. The van der Waals surface area contributed by atoms with Gasteiger partial charge in [0.05, 0.1) is 19.4 Å². The molecule has 7 N–H and O–H groups in total. The number of morpholine rings is 1. The zero-order valence-electron chi connectivity index (χ0n) is 11.6. The summed E-state index contributed by atoms with van der Waals surface area (Å²) < 4.78 is 5.31. The third-order valence-corrected chi connectivity index (χ3v) is 3.57. The minimum Gasteiger partial charge on any atom is -0.398 e. The average Bonchev–Trinajstić information content (AvgIpc) is 2.45. The number of anilines is 1. The third kappa shape index (κ3) is 3.77. The van der Waals surface area contributed by atoms with E-state index in [0.29, 0.717) is 17.8 Å². The van der Waals surface area contributed by atoms with Crippen molar-refractivity contribution in [1.29, 1.82) is 5.41 Å². The fraction of sp³-hybridized carbons (Fsp3) is 0.500. The maximum absolute atomic E-state index is 8.17. The van der Waals surface area contributed by atoms with Gasteiger partial charge in [0.15, 0.2) is 0 Å². The second-order valence-corrected chi connectivity index (χ2v) is 5.06. The lowest BCUT2D eigenvalue weighted by Gasteiger charge is -2.26. The largest absolute Gasteiger partial charge is 0.398 e. The molecule has 0 spiro atoms. The number of nitrogen functional groups attached to an aromatic ring is 1. The molecule has 1 aliphatic heterocycles. The van der Waals surface area contributed by atoms with Gasteiger partial charge in [-0.15, -0.1) is 0 Å². The first-order valence-corrected chi connectivity index (χ1v) is 6.86. The van der Waals surface area contributed by atoms with E-state index in [-0.39, 0.29) is 0 Å². The fourth-order valence-corrected chi connectivity index (χ4v) is 2.29. The Morgan fingerprint density at radius 2 is 2.00 bits per heavy atom. The zero-order chi connectivity index (χ0) is 14.5. The van der Waals surface area contributed by atoms with Crippen LogP contribution < -0.4 is 17.2 Å². The summed E-state index contributed by atoms with van der Waals surface area (Å²) in [6.45, 7) is 4.28. The summed E-state index contributed by atoms with van der Waals surface area (Å²) in [5.74, 6) is 0. The summed E-state index contributed by atoms with van der Waals surface area (Å²) in [6.07, 6.45) is 0.145. The van der Waals surface area contributed by atoms with Crippen LogP contribution in [0, 0.1) is 5.41 Å². The Bertz CT molecular complexity index is 469. The van der Waals surface area contributed by atoms with Gasteiger partial charge in [-0.3, -0.25) is 4.90 Å². The number of hydrogen-bond donors (Lipinski definition) is 4. The standard InChI is InChI=1S/C14H23N5O/c15-12(3-4-19-5-7-20-8-6-19)11-2-1-10(14(17)18)9-13(11)16/h1-2,9,14-15H,3-8,16-18H2. The molecule has 110 valence electrons. The normalized spacial score (nSPS) is 16.6. The molecule has 0 bridgehead atoms. The van der Waals surface area contributed by atoms with Crippen molar-refractivity contribution in [3.63, 3.8) is 0 Å². The number of hydrogen-bond acceptors (Lipinski definition) is 6. The van der Waals surface area contributed by atoms with Crippen molar-refractivity contribution in [1.82, 2.24) is 4.90 Å². The van der Waals surface area contributed by atoms with Gasteiger partial charge in [-0.25, -0.2) is 0 Å². The van der Waals surface area contributed by atoms with E-state index in [1.165, 1.54) is 0 Å². The first kappa shape index (κ1) is 14.9. The summed E-state index contributed by atoms with van der Waals surface area (Å²) in [5.41, 5.74) is 19.9. The Morgan fingerprint density at radius 3 is 2.60 bits per heavy atom. The predicted molar refractivity (Wildman–Crippen MR) is 80.7 cm³/mol. The van der Waals surface area contributed by atoms with Gasteiger partial charge in [-0.1, -0.05) is 12.1 Å². The SMILES string of the molecule is N=C(CCN1CCOCC1)c1ccc(C(N)N)cc1N. The van der Waals surface area contributed by atoms with Crippen LogP contribution in [0.25, 0.3) is 0 Å². The van der Waals surface area contributed by atoms with Crippen LogP contribution in [0.5, 0.6) is 0 Å². The molecule has 6 nitrogen and oxygen atoms in total. The molecule has 0 radical (unpaired) electrons. The van der Waals surface area contributed by atoms with Crippen molar-refractivity contribution in [3.05, 3.63) is 29.3 Å². The third-order valence-electron chi connectivity index (χ3n) is 3.57. The van der Waals surface area contributed by atoms with Gasteiger partial charge >= 0.3 is 0 Å². The van der Waals surface area contributed by atoms with Gasteiger partial charge in [0.1, 0.15) is 0 Å². The van der Waals surface area contributed by atoms with Crippen LogP contribution in [0.3, 0.4) is 0 Å². The molecule has 1 aliphatic rings. The molecule has 0 aromatic heterocycles. The van der Waals surface area contributed by atoms with Crippen molar-refractivity contribution < 1.29 is 4.74 Å². The Morgan fingerprint density at radius 1 is 1.30 bits per heavy atom. The van der Waals surface area contributed by atoms with Crippen LogP contribution in [0.4, 0.5) is 5.69 Å². The molecule has 2 rings (SSSR count). The van der Waals surface area contributed by atoms with Gasteiger partial charge in [0, 0.05) is 43.0 Å². The van der Waals surface area contributed by atoms with Crippen LogP contribution in [-0.2, 0) is 4.74 Å². The second kappa shape index (κ2) is 6.81. The van der Waals surface area contributed by atoms with Gasteiger partial charge in [-0.05, 0) is 11.6 Å². The van der Waals surface area contributed by atoms with Crippen molar-refractivity contribution in [2.24, 2.45) is 11.5 Å². The highest BCUT2D eigenvalue weighted by Crippen LogP contribution is 2.18. The van der Waals surface area contributed by atoms with E-state index >= 15 is 0 Å². The summed E-state index contributed by atoms with van der Waals surface area (Å²) >= 11 is 0. The quantitative estimate of drug-likeness (QED) is 0.350. The topological polar surface area (TPSA) is 114 Å². The smallest absolute Gasteiger partial charge is 0.0785 e. The predicted octanol–water partition coefficient (Wildman–Crippen LogP) is 0.275. The minimum absolute atomic E-state index is 0.533. The van der Waals surface area contributed by atoms with E-state index in [0.717, 1.165) is 44.0 Å². The van der Waals surface area contributed by atoms with Crippen molar-refractivity contribution in [2.45, 2.75) is 12.6 Å². The average molecular weight is 277 g/mol. The number of rotatable bonds is 5. The lowest BCUT2D eigenvalue weighted by molar-refractivity contribution is 0.0392. The molecule has 1 saturated heterocycles. The lowest BCUT2D eigenvalue weighted by Crippen LogP contribution is -2.37. The molecule has 6 heteroatoms. The molecule has 1 heterocycles. The maximum Gasteiger partial charge on any atom is 0.0785 e. The van der Waals surface area contributed by atoms with Gasteiger partial charge in [0.2, 0.25) is 0 Å². The van der Waals surface area contributed by atoms with Crippen LogP contribution in [0.15, 0.2) is 18.2 Å². The monoisotopic (exact) mass is 277 g/mol. The molecule has 0 amide bonds. The number of nitrogens with zero attached hydrogens (tertiary/aromatic N) is 1. The first-order chi connectivity index (χ1) is 9.58. The van der Waals surface area contributed by atoms with Gasteiger partial charge in [0.25, 0.3) is 0 Å². The van der Waals surface area contributed by atoms with E-state index in [9.17, 15) is 0 Å². The number of nitrogens with two attached hydrogens (primary N) is 3. The van der Waals surface area contributed by atoms with Crippen molar-refractivity contribution >= 4 is 11.4 Å². The van der Waals surface area contributed by atoms with Crippen molar-refractivity contribution in [2.75, 3.05) is 38.6 Å². The lowest BCUT2D eigenvalue weighted by atomic mass is 10.0. The van der Waals surface area contributed by atoms with Crippen LogP contribution in [0.1, 0.15) is 23.7 Å². The Balaban J connectivity index is 1.94. The number of ether oxygens (including phenoxy) is 1. The Labute approximate surface area is 119 Å². The maximum atomic E-state index is 8.17. The first-order valence-electron chi connectivity index (χ1n) is 6.86. The van der Waals surface area contributed by atoms with Crippen LogP contribution in [0.2, 0.25) is 0 Å². The molecule has 0 saturated carbocycles. The van der Waals surface area contributed by atoms with Gasteiger partial charge < -0.3 is 27.3 Å². The van der Waals surface area contributed by atoms with E-state index < -0.39 is 6.17 Å². The van der Waals surface area contributed by atoms with E-state index in [2.05, 4.69) is 4.90 Å².